The van der Waals surface area contributed by atoms with Crippen LogP contribution in [0.4, 0.5) is 5.69 Å². The quantitative estimate of drug-likeness (QED) is 0.565. The molecule has 9 nitrogen and oxygen atoms in total. The SMILES string of the molecule is Cc1nn(CC(=O)N2CCc3ccccc32)c(C)c1S(=O)(=O)N1CCC[C@H](C(=O)NC2CCCCCC2)C1. The number of amides is 2. The number of para-hydroxylation sites is 1. The van der Waals surface area contributed by atoms with Gasteiger partial charge in [-0.15, -0.1) is 0 Å². The molecule has 3 aliphatic rings. The van der Waals surface area contributed by atoms with Crippen molar-refractivity contribution in [2.45, 2.75) is 89.1 Å². The molecule has 0 radical (unpaired) electrons. The van der Waals surface area contributed by atoms with Crippen LogP contribution >= 0.6 is 0 Å². The Morgan fingerprint density at radius 3 is 2.50 bits per heavy atom. The van der Waals surface area contributed by atoms with Crippen LogP contribution in [0.3, 0.4) is 0 Å². The maximum absolute atomic E-state index is 13.8. The first kappa shape index (κ1) is 26.9. The van der Waals surface area contributed by atoms with Crippen molar-refractivity contribution in [3.05, 3.63) is 41.2 Å². The molecule has 2 aliphatic heterocycles. The van der Waals surface area contributed by atoms with Gasteiger partial charge in [0.15, 0.2) is 0 Å². The third-order valence-corrected chi connectivity index (χ3v) is 10.5. The van der Waals surface area contributed by atoms with Crippen LogP contribution in [0, 0.1) is 19.8 Å². The molecule has 38 heavy (non-hydrogen) atoms. The molecule has 2 fully saturated rings. The molecule has 2 aromatic rings. The van der Waals surface area contributed by atoms with Gasteiger partial charge < -0.3 is 10.2 Å². The van der Waals surface area contributed by atoms with E-state index in [0.29, 0.717) is 37.3 Å². The number of fused-ring (bicyclic) bond motifs is 1. The lowest BCUT2D eigenvalue weighted by molar-refractivity contribution is -0.127. The van der Waals surface area contributed by atoms with E-state index in [0.717, 1.165) is 43.4 Å². The lowest BCUT2D eigenvalue weighted by atomic mass is 9.97. The van der Waals surface area contributed by atoms with E-state index in [1.807, 2.05) is 24.3 Å². The number of carbonyl (C=O) groups excluding carboxylic acids is 2. The first-order chi connectivity index (χ1) is 18.3. The number of sulfonamides is 1. The van der Waals surface area contributed by atoms with Crippen LogP contribution in [0.2, 0.25) is 0 Å². The van der Waals surface area contributed by atoms with E-state index in [2.05, 4.69) is 10.4 Å². The topological polar surface area (TPSA) is 105 Å². The van der Waals surface area contributed by atoms with Gasteiger partial charge in [0.1, 0.15) is 11.4 Å². The Morgan fingerprint density at radius 2 is 1.74 bits per heavy atom. The largest absolute Gasteiger partial charge is 0.353 e. The summed E-state index contributed by atoms with van der Waals surface area (Å²) in [5, 5.41) is 7.67. The lowest BCUT2D eigenvalue weighted by Crippen LogP contribution is -2.47. The van der Waals surface area contributed by atoms with Crippen molar-refractivity contribution in [3.63, 3.8) is 0 Å². The minimum absolute atomic E-state index is 0.0249. The van der Waals surface area contributed by atoms with Gasteiger partial charge in [0.2, 0.25) is 21.8 Å². The van der Waals surface area contributed by atoms with E-state index in [4.69, 9.17) is 0 Å². The Balaban J connectivity index is 1.28. The molecule has 3 heterocycles. The molecule has 5 rings (SSSR count). The van der Waals surface area contributed by atoms with Gasteiger partial charge in [-0.1, -0.05) is 43.9 Å². The van der Waals surface area contributed by atoms with E-state index in [9.17, 15) is 18.0 Å². The Labute approximate surface area is 225 Å². The van der Waals surface area contributed by atoms with Gasteiger partial charge in [0.25, 0.3) is 0 Å². The Bertz CT molecular complexity index is 1300. The minimum atomic E-state index is -3.87. The average molecular weight is 542 g/mol. The molecule has 1 aliphatic carbocycles. The molecule has 1 saturated carbocycles. The first-order valence-electron chi connectivity index (χ1n) is 14.0. The summed E-state index contributed by atoms with van der Waals surface area (Å²) in [5.41, 5.74) is 2.88. The smallest absolute Gasteiger partial charge is 0.248 e. The summed E-state index contributed by atoms with van der Waals surface area (Å²) in [6, 6.07) is 8.05. The number of anilines is 1. The number of nitrogens with zero attached hydrogens (tertiary/aromatic N) is 4. The van der Waals surface area contributed by atoms with E-state index >= 15 is 0 Å². The minimum Gasteiger partial charge on any atom is -0.353 e. The van der Waals surface area contributed by atoms with E-state index in [-0.39, 0.29) is 41.8 Å². The van der Waals surface area contributed by atoms with Crippen molar-refractivity contribution in [3.8, 4) is 0 Å². The van der Waals surface area contributed by atoms with Crippen LogP contribution in [0.5, 0.6) is 0 Å². The fourth-order valence-electron chi connectivity index (χ4n) is 6.27. The zero-order valence-corrected chi connectivity index (χ0v) is 23.3. The van der Waals surface area contributed by atoms with Crippen molar-refractivity contribution in [2.24, 2.45) is 5.92 Å². The summed E-state index contributed by atoms with van der Waals surface area (Å²) >= 11 is 0. The van der Waals surface area contributed by atoms with Crippen LogP contribution in [-0.4, -0.2) is 60.0 Å². The Kier molecular flexibility index (Phi) is 7.90. The van der Waals surface area contributed by atoms with E-state index < -0.39 is 10.0 Å². The highest BCUT2D eigenvalue weighted by atomic mass is 32.2. The molecule has 0 spiro atoms. The molecular weight excluding hydrogens is 502 g/mol. The van der Waals surface area contributed by atoms with Crippen molar-refractivity contribution in [2.75, 3.05) is 24.5 Å². The molecule has 2 amide bonds. The van der Waals surface area contributed by atoms with Crippen LogP contribution in [0.15, 0.2) is 29.2 Å². The molecule has 10 heteroatoms. The first-order valence-corrected chi connectivity index (χ1v) is 15.4. The summed E-state index contributed by atoms with van der Waals surface area (Å²) < 4.78 is 30.5. The normalized spacial score (nSPS) is 21.2. The van der Waals surface area contributed by atoms with Crippen LogP contribution in [-0.2, 0) is 32.6 Å². The highest BCUT2D eigenvalue weighted by Gasteiger charge is 2.37. The fraction of sp³-hybridized carbons (Fsp3) is 0.607. The van der Waals surface area contributed by atoms with E-state index in [1.165, 1.54) is 21.8 Å². The third-order valence-electron chi connectivity index (χ3n) is 8.34. The fourth-order valence-corrected chi connectivity index (χ4v) is 8.16. The lowest BCUT2D eigenvalue weighted by Gasteiger charge is -2.32. The third kappa shape index (κ3) is 5.38. The number of hydrogen-bond acceptors (Lipinski definition) is 5. The monoisotopic (exact) mass is 541 g/mol. The summed E-state index contributed by atoms with van der Waals surface area (Å²) in [4.78, 5) is 28.1. The average Bonchev–Trinajstić information content (AvgIpc) is 3.34. The van der Waals surface area contributed by atoms with E-state index in [1.54, 1.807) is 18.7 Å². The van der Waals surface area contributed by atoms with Gasteiger partial charge >= 0.3 is 0 Å². The standard InChI is InChI=1S/C28H39N5O4S/c1-20-27(21(2)33(30-20)19-26(34)32-17-15-22-10-7-8-14-25(22)32)38(36,37)31-16-9-11-23(18-31)28(35)29-24-12-5-3-4-6-13-24/h7-8,10,14,23-24H,3-6,9,11-13,15-19H2,1-2H3,(H,29,35)/t23-/m0/s1. The van der Waals surface area contributed by atoms with Crippen LogP contribution in [0.25, 0.3) is 0 Å². The van der Waals surface area contributed by atoms with Gasteiger partial charge in [-0.2, -0.15) is 9.40 Å². The number of aryl methyl sites for hydroxylation is 1. The maximum atomic E-state index is 13.8. The van der Waals surface area contributed by atoms with Gasteiger partial charge in [-0.05, 0) is 57.6 Å². The molecule has 1 saturated heterocycles. The zero-order chi connectivity index (χ0) is 26.9. The number of rotatable bonds is 6. The van der Waals surface area contributed by atoms with Crippen LogP contribution < -0.4 is 10.2 Å². The van der Waals surface area contributed by atoms with Gasteiger partial charge in [-0.25, -0.2) is 8.42 Å². The van der Waals surface area contributed by atoms with Gasteiger partial charge in [0.05, 0.1) is 17.3 Å². The van der Waals surface area contributed by atoms with Crippen molar-refractivity contribution < 1.29 is 18.0 Å². The molecule has 1 atom stereocenters. The molecular formula is C28H39N5O4S. The van der Waals surface area contributed by atoms with Crippen molar-refractivity contribution in [1.82, 2.24) is 19.4 Å². The molecule has 0 unspecified atom stereocenters. The summed E-state index contributed by atoms with van der Waals surface area (Å²) in [5.74, 6) is -0.496. The maximum Gasteiger partial charge on any atom is 0.248 e. The zero-order valence-electron chi connectivity index (χ0n) is 22.5. The molecule has 0 bridgehead atoms. The second kappa shape index (κ2) is 11.2. The van der Waals surface area contributed by atoms with Crippen molar-refractivity contribution >= 4 is 27.5 Å². The predicted molar refractivity (Wildman–Crippen MR) is 145 cm³/mol. The number of nitrogens with one attached hydrogen (secondary N) is 1. The summed E-state index contributed by atoms with van der Waals surface area (Å²) in [6.45, 7) is 4.52. The number of carbonyl (C=O) groups is 2. The number of benzene rings is 1. The summed E-state index contributed by atoms with van der Waals surface area (Å²) in [6.07, 6.45) is 8.82. The van der Waals surface area contributed by atoms with Gasteiger partial charge in [-0.3, -0.25) is 14.3 Å². The van der Waals surface area contributed by atoms with Gasteiger partial charge in [0, 0.05) is 31.4 Å². The molecule has 1 aromatic heterocycles. The van der Waals surface area contributed by atoms with Crippen molar-refractivity contribution in [1.29, 1.82) is 0 Å². The predicted octanol–water partition coefficient (Wildman–Crippen LogP) is 3.33. The Hall–Kier alpha value is -2.72. The molecule has 1 aromatic carbocycles. The number of piperidine rings is 1. The number of aromatic nitrogens is 2. The second-order valence-corrected chi connectivity index (χ2v) is 12.9. The van der Waals surface area contributed by atoms with Crippen LogP contribution in [0.1, 0.15) is 68.3 Å². The summed E-state index contributed by atoms with van der Waals surface area (Å²) in [7, 11) is -3.87. The highest BCUT2D eigenvalue weighted by Crippen LogP contribution is 2.30. The Morgan fingerprint density at radius 1 is 1.00 bits per heavy atom. The molecule has 206 valence electrons. The highest BCUT2D eigenvalue weighted by molar-refractivity contribution is 7.89. The number of hydrogen-bond donors (Lipinski definition) is 1. The molecule has 1 N–H and O–H groups in total. The second-order valence-electron chi connectivity index (χ2n) is 11.0.